The molecule has 0 radical (unpaired) electrons. The lowest BCUT2D eigenvalue weighted by Gasteiger charge is -1.93. The number of aromatic amines is 1. The predicted octanol–water partition coefficient (Wildman–Crippen LogP) is 2.65. The average Bonchev–Trinajstić information content (AvgIpc) is 2.94. The van der Waals surface area contributed by atoms with Gasteiger partial charge in [-0.25, -0.2) is 4.98 Å². The summed E-state index contributed by atoms with van der Waals surface area (Å²) in [6, 6.07) is 8.95. The van der Waals surface area contributed by atoms with Gasteiger partial charge in [0.1, 0.15) is 17.3 Å². The summed E-state index contributed by atoms with van der Waals surface area (Å²) >= 11 is 0. The summed E-state index contributed by atoms with van der Waals surface area (Å²) in [5, 5.41) is 9.36. The van der Waals surface area contributed by atoms with E-state index in [1.807, 2.05) is 12.1 Å². The monoisotopic (exact) mass is 228 g/mol. The lowest BCUT2D eigenvalue weighted by atomic mass is 10.2. The number of benzene rings is 1. The number of imidazole rings is 1. The van der Waals surface area contributed by atoms with Gasteiger partial charge in [0, 0.05) is 18.9 Å². The number of fused-ring (bicyclic) bond motifs is 1. The van der Waals surface area contributed by atoms with E-state index < -0.39 is 0 Å². The molecule has 4 nitrogen and oxygen atoms in total. The first-order valence-corrected chi connectivity index (χ1v) is 5.51. The Bertz CT molecular complexity index is 626. The average molecular weight is 228 g/mol. The first-order chi connectivity index (χ1) is 8.31. The highest BCUT2D eigenvalue weighted by Crippen LogP contribution is 2.18. The number of H-pyrrole nitrogens is 1. The normalized spacial score (nSPS) is 11.1. The van der Waals surface area contributed by atoms with E-state index in [9.17, 15) is 5.11 Å². The summed E-state index contributed by atoms with van der Waals surface area (Å²) in [6.45, 7) is 0. The van der Waals surface area contributed by atoms with E-state index in [0.717, 1.165) is 35.5 Å². The molecule has 0 aliphatic heterocycles. The standard InChI is InChI=1S/C13H12N2O2/c16-9-3-5-11-12(8-9)15-13(14-11)6-4-10-2-1-7-17-10/h1-3,5,7-8,16H,4,6H2,(H,14,15). The van der Waals surface area contributed by atoms with Crippen molar-refractivity contribution < 1.29 is 9.52 Å². The Morgan fingerprint density at radius 2 is 2.18 bits per heavy atom. The highest BCUT2D eigenvalue weighted by Gasteiger charge is 2.04. The number of rotatable bonds is 3. The Balaban J connectivity index is 1.81. The number of aromatic hydroxyl groups is 1. The van der Waals surface area contributed by atoms with Gasteiger partial charge in [-0.05, 0) is 24.3 Å². The zero-order valence-electron chi connectivity index (χ0n) is 9.18. The van der Waals surface area contributed by atoms with Crippen molar-refractivity contribution in [1.29, 1.82) is 0 Å². The molecule has 0 amide bonds. The number of aryl methyl sites for hydroxylation is 2. The van der Waals surface area contributed by atoms with Crippen LogP contribution in [0.15, 0.2) is 41.0 Å². The van der Waals surface area contributed by atoms with Crippen molar-refractivity contribution in [3.8, 4) is 5.75 Å². The Kier molecular flexibility index (Phi) is 2.33. The molecule has 0 spiro atoms. The molecule has 3 aromatic rings. The van der Waals surface area contributed by atoms with Crippen molar-refractivity contribution in [2.45, 2.75) is 12.8 Å². The third kappa shape index (κ3) is 2.01. The van der Waals surface area contributed by atoms with E-state index in [0.29, 0.717) is 0 Å². The minimum Gasteiger partial charge on any atom is -0.508 e. The van der Waals surface area contributed by atoms with Gasteiger partial charge in [0.25, 0.3) is 0 Å². The second-order valence-corrected chi connectivity index (χ2v) is 3.96. The van der Waals surface area contributed by atoms with Crippen molar-refractivity contribution in [1.82, 2.24) is 9.97 Å². The first kappa shape index (κ1) is 9.96. The largest absolute Gasteiger partial charge is 0.508 e. The fraction of sp³-hybridized carbons (Fsp3) is 0.154. The molecule has 0 fully saturated rings. The van der Waals surface area contributed by atoms with Crippen LogP contribution in [0.3, 0.4) is 0 Å². The van der Waals surface area contributed by atoms with E-state index in [1.165, 1.54) is 0 Å². The number of phenolic OH excluding ortho intramolecular Hbond substituents is 1. The maximum Gasteiger partial charge on any atom is 0.117 e. The van der Waals surface area contributed by atoms with Crippen LogP contribution in [0.5, 0.6) is 5.75 Å². The van der Waals surface area contributed by atoms with Gasteiger partial charge >= 0.3 is 0 Å². The van der Waals surface area contributed by atoms with Gasteiger partial charge < -0.3 is 14.5 Å². The lowest BCUT2D eigenvalue weighted by molar-refractivity contribution is 0.476. The van der Waals surface area contributed by atoms with Crippen LogP contribution in [0, 0.1) is 0 Å². The molecule has 0 aliphatic rings. The van der Waals surface area contributed by atoms with Crippen molar-refractivity contribution in [2.24, 2.45) is 0 Å². The SMILES string of the molecule is Oc1ccc2nc(CCc3ccco3)[nH]c2c1. The van der Waals surface area contributed by atoms with E-state index in [4.69, 9.17) is 4.42 Å². The topological polar surface area (TPSA) is 62.1 Å². The van der Waals surface area contributed by atoms with Crippen LogP contribution in [0.25, 0.3) is 11.0 Å². The van der Waals surface area contributed by atoms with Gasteiger partial charge in [0.15, 0.2) is 0 Å². The van der Waals surface area contributed by atoms with Crippen LogP contribution in [0.4, 0.5) is 0 Å². The van der Waals surface area contributed by atoms with Crippen LogP contribution in [-0.4, -0.2) is 15.1 Å². The van der Waals surface area contributed by atoms with Crippen LogP contribution in [0.2, 0.25) is 0 Å². The minimum absolute atomic E-state index is 0.249. The molecule has 2 heterocycles. The highest BCUT2D eigenvalue weighted by atomic mass is 16.3. The number of furan rings is 1. The summed E-state index contributed by atoms with van der Waals surface area (Å²) in [7, 11) is 0. The number of hydrogen-bond acceptors (Lipinski definition) is 3. The van der Waals surface area contributed by atoms with Crippen LogP contribution < -0.4 is 0 Å². The van der Waals surface area contributed by atoms with Crippen LogP contribution in [-0.2, 0) is 12.8 Å². The molecule has 3 rings (SSSR count). The molecule has 0 atom stereocenters. The molecule has 2 aromatic heterocycles. The molecular weight excluding hydrogens is 216 g/mol. The summed E-state index contributed by atoms with van der Waals surface area (Å²) in [6.07, 6.45) is 3.29. The molecule has 1 aromatic carbocycles. The molecular formula is C13H12N2O2. The third-order valence-corrected chi connectivity index (χ3v) is 2.70. The van der Waals surface area contributed by atoms with Crippen molar-refractivity contribution in [3.63, 3.8) is 0 Å². The van der Waals surface area contributed by atoms with Crippen molar-refractivity contribution in [2.75, 3.05) is 0 Å². The fourth-order valence-electron chi connectivity index (χ4n) is 1.87. The summed E-state index contributed by atoms with van der Waals surface area (Å²) in [5.74, 6) is 2.11. The van der Waals surface area contributed by atoms with Gasteiger partial charge in [0.05, 0.1) is 17.3 Å². The Hall–Kier alpha value is -2.23. The molecule has 2 N–H and O–H groups in total. The van der Waals surface area contributed by atoms with E-state index >= 15 is 0 Å². The number of nitrogens with zero attached hydrogens (tertiary/aromatic N) is 1. The van der Waals surface area contributed by atoms with Gasteiger partial charge in [-0.1, -0.05) is 0 Å². The molecule has 86 valence electrons. The summed E-state index contributed by atoms with van der Waals surface area (Å²) < 4.78 is 5.27. The highest BCUT2D eigenvalue weighted by molar-refractivity contribution is 5.76. The Morgan fingerprint density at radius 1 is 1.24 bits per heavy atom. The molecule has 4 heteroatoms. The summed E-state index contributed by atoms with van der Waals surface area (Å²) in [4.78, 5) is 7.63. The van der Waals surface area contributed by atoms with E-state index in [-0.39, 0.29) is 5.75 Å². The first-order valence-electron chi connectivity index (χ1n) is 5.51. The number of nitrogens with one attached hydrogen (secondary N) is 1. The van der Waals surface area contributed by atoms with Crippen molar-refractivity contribution in [3.05, 3.63) is 48.2 Å². The zero-order valence-corrected chi connectivity index (χ0v) is 9.18. The van der Waals surface area contributed by atoms with Gasteiger partial charge in [0.2, 0.25) is 0 Å². The number of phenols is 1. The minimum atomic E-state index is 0.249. The molecule has 0 saturated carbocycles. The van der Waals surface area contributed by atoms with Crippen LogP contribution >= 0.6 is 0 Å². The van der Waals surface area contributed by atoms with Gasteiger partial charge in [-0.15, -0.1) is 0 Å². The fourth-order valence-corrected chi connectivity index (χ4v) is 1.87. The van der Waals surface area contributed by atoms with Crippen LogP contribution in [0.1, 0.15) is 11.6 Å². The van der Waals surface area contributed by atoms with E-state index in [2.05, 4.69) is 9.97 Å². The Labute approximate surface area is 97.9 Å². The molecule has 17 heavy (non-hydrogen) atoms. The van der Waals surface area contributed by atoms with E-state index in [1.54, 1.807) is 24.5 Å². The second-order valence-electron chi connectivity index (χ2n) is 3.96. The summed E-state index contributed by atoms with van der Waals surface area (Å²) in [5.41, 5.74) is 1.73. The van der Waals surface area contributed by atoms with Gasteiger partial charge in [-0.2, -0.15) is 0 Å². The molecule has 0 unspecified atom stereocenters. The molecule has 0 aliphatic carbocycles. The smallest absolute Gasteiger partial charge is 0.117 e. The van der Waals surface area contributed by atoms with Crippen molar-refractivity contribution >= 4 is 11.0 Å². The number of aromatic nitrogens is 2. The maximum atomic E-state index is 9.36. The second kappa shape index (κ2) is 3.97. The zero-order chi connectivity index (χ0) is 11.7. The Morgan fingerprint density at radius 3 is 3.00 bits per heavy atom. The lowest BCUT2D eigenvalue weighted by Crippen LogP contribution is -1.91. The van der Waals surface area contributed by atoms with Gasteiger partial charge in [-0.3, -0.25) is 0 Å². The number of hydrogen-bond donors (Lipinski definition) is 2. The molecule has 0 bridgehead atoms. The maximum absolute atomic E-state index is 9.36. The predicted molar refractivity (Wildman–Crippen MR) is 63.9 cm³/mol. The quantitative estimate of drug-likeness (QED) is 0.724. The third-order valence-electron chi connectivity index (χ3n) is 2.70. The molecule has 0 saturated heterocycles.